The van der Waals surface area contributed by atoms with Crippen LogP contribution in [0.2, 0.25) is 10.0 Å². The first-order chi connectivity index (χ1) is 10.3. The molecule has 4 nitrogen and oxygen atoms in total. The molecule has 2 rings (SSSR count). The highest BCUT2D eigenvalue weighted by molar-refractivity contribution is 6.32. The smallest absolute Gasteiger partial charge is 0.116 e. The Labute approximate surface area is 141 Å². The van der Waals surface area contributed by atoms with Gasteiger partial charge in [0.1, 0.15) is 12.7 Å². The normalized spacial score (nSPS) is 13.2. The molecule has 0 aliphatic heterocycles. The molecular weight excluding hydrogens is 319 g/mol. The minimum Gasteiger partial charge on any atom is -0.240 e. The van der Waals surface area contributed by atoms with Gasteiger partial charge in [0.25, 0.3) is 0 Å². The summed E-state index contributed by atoms with van der Waals surface area (Å²) >= 11 is 13.0. The molecule has 0 saturated carbocycles. The van der Waals surface area contributed by atoms with Crippen molar-refractivity contribution in [3.63, 3.8) is 0 Å². The largest absolute Gasteiger partial charge is 0.240 e. The second-order valence-electron chi connectivity index (χ2n) is 6.27. The Morgan fingerprint density at radius 2 is 1.50 bits per heavy atom. The van der Waals surface area contributed by atoms with Gasteiger partial charge in [-0.2, -0.15) is 0 Å². The summed E-state index contributed by atoms with van der Waals surface area (Å²) in [6, 6.07) is 0. The summed E-state index contributed by atoms with van der Waals surface area (Å²) in [6.07, 6.45) is 3.84. The number of aromatic nitrogens is 4. The summed E-state index contributed by atoms with van der Waals surface area (Å²) < 4.78 is 0. The minimum atomic E-state index is -0.154. The Morgan fingerprint density at radius 3 is 2.05 bits per heavy atom. The van der Waals surface area contributed by atoms with E-state index >= 15 is 0 Å². The summed E-state index contributed by atoms with van der Waals surface area (Å²) in [6.45, 7) is 10.2. The van der Waals surface area contributed by atoms with Gasteiger partial charge in [0.2, 0.25) is 0 Å². The molecule has 118 valence electrons. The van der Waals surface area contributed by atoms with Crippen LogP contribution in [0.1, 0.15) is 63.3 Å². The molecule has 2 aromatic heterocycles. The number of rotatable bonds is 3. The van der Waals surface area contributed by atoms with E-state index in [0.717, 1.165) is 29.2 Å². The predicted octanol–water partition coefficient (Wildman–Crippen LogP) is 4.59. The average molecular weight is 339 g/mol. The van der Waals surface area contributed by atoms with Crippen LogP contribution in [-0.4, -0.2) is 19.9 Å². The van der Waals surface area contributed by atoms with Crippen molar-refractivity contribution in [3.8, 4) is 0 Å². The van der Waals surface area contributed by atoms with Gasteiger partial charge in [-0.1, -0.05) is 57.8 Å². The van der Waals surface area contributed by atoms with Crippen molar-refractivity contribution in [2.24, 2.45) is 0 Å². The Bertz CT molecular complexity index is 680. The molecule has 0 aliphatic rings. The molecule has 0 fully saturated rings. The summed E-state index contributed by atoms with van der Waals surface area (Å²) in [7, 11) is 0. The lowest BCUT2D eigenvalue weighted by Crippen LogP contribution is -2.17. The zero-order valence-corrected chi connectivity index (χ0v) is 15.0. The first-order valence-electron chi connectivity index (χ1n) is 7.27. The van der Waals surface area contributed by atoms with Crippen LogP contribution in [-0.2, 0) is 11.8 Å². The highest BCUT2D eigenvalue weighted by Gasteiger charge is 2.26. The molecule has 0 bridgehead atoms. The number of aryl methyl sites for hydroxylation is 1. The van der Waals surface area contributed by atoms with Crippen molar-refractivity contribution in [2.75, 3.05) is 0 Å². The van der Waals surface area contributed by atoms with Gasteiger partial charge in [-0.15, -0.1) is 0 Å². The molecule has 1 unspecified atom stereocenters. The van der Waals surface area contributed by atoms with E-state index in [1.807, 2.05) is 13.8 Å². The van der Waals surface area contributed by atoms with Crippen LogP contribution in [0, 0.1) is 0 Å². The molecule has 2 heterocycles. The molecule has 22 heavy (non-hydrogen) atoms. The summed E-state index contributed by atoms with van der Waals surface area (Å²) in [5, 5.41) is 1.17. The van der Waals surface area contributed by atoms with Gasteiger partial charge in [-0.25, -0.2) is 19.9 Å². The number of halogens is 2. The topological polar surface area (TPSA) is 51.6 Å². The highest BCUT2D eigenvalue weighted by Crippen LogP contribution is 2.36. The van der Waals surface area contributed by atoms with Crippen molar-refractivity contribution >= 4 is 23.2 Å². The second kappa shape index (κ2) is 6.47. The van der Waals surface area contributed by atoms with E-state index < -0.39 is 0 Å². The molecule has 0 N–H and O–H groups in total. The number of hydrogen-bond donors (Lipinski definition) is 0. The fraction of sp³-hybridized carbons (Fsp3) is 0.500. The SMILES string of the molecule is CCc1ncnc(C(C)c2ncnc(C(C)(C)C)c2Cl)c1Cl. The molecule has 2 aromatic rings. The highest BCUT2D eigenvalue weighted by atomic mass is 35.5. The van der Waals surface area contributed by atoms with Crippen molar-refractivity contribution in [3.05, 3.63) is 45.5 Å². The third kappa shape index (κ3) is 3.23. The molecule has 0 radical (unpaired) electrons. The Kier molecular flexibility index (Phi) is 5.03. The Hall–Kier alpha value is -1.26. The number of hydrogen-bond acceptors (Lipinski definition) is 4. The summed E-state index contributed by atoms with van der Waals surface area (Å²) in [5.74, 6) is -0.127. The van der Waals surface area contributed by atoms with Crippen molar-refractivity contribution in [1.82, 2.24) is 19.9 Å². The fourth-order valence-corrected chi connectivity index (χ4v) is 3.25. The standard InChI is InChI=1S/C16H20Cl2N4/c1-6-10-11(17)13(20-7-19-10)9(2)14-12(18)15(16(3,4)5)22-8-21-14/h7-9H,6H2,1-5H3. The molecular formula is C16H20Cl2N4. The second-order valence-corrected chi connectivity index (χ2v) is 7.02. The first-order valence-corrected chi connectivity index (χ1v) is 8.03. The van der Waals surface area contributed by atoms with E-state index in [0.29, 0.717) is 10.0 Å². The Balaban J connectivity index is 2.54. The molecule has 1 atom stereocenters. The van der Waals surface area contributed by atoms with Gasteiger partial charge in [-0.3, -0.25) is 0 Å². The lowest BCUT2D eigenvalue weighted by atomic mass is 9.90. The third-order valence-corrected chi connectivity index (χ3v) is 4.36. The lowest BCUT2D eigenvalue weighted by molar-refractivity contribution is 0.564. The van der Waals surface area contributed by atoms with Gasteiger partial charge in [-0.05, 0) is 6.42 Å². The van der Waals surface area contributed by atoms with Gasteiger partial charge in [0.15, 0.2) is 0 Å². The van der Waals surface area contributed by atoms with E-state index in [9.17, 15) is 0 Å². The molecule has 0 saturated heterocycles. The van der Waals surface area contributed by atoms with Gasteiger partial charge >= 0.3 is 0 Å². The van der Waals surface area contributed by atoms with E-state index in [1.54, 1.807) is 6.33 Å². The maximum atomic E-state index is 6.55. The maximum absolute atomic E-state index is 6.55. The monoisotopic (exact) mass is 338 g/mol. The van der Waals surface area contributed by atoms with Crippen molar-refractivity contribution < 1.29 is 0 Å². The average Bonchev–Trinajstić information content (AvgIpc) is 2.46. The van der Waals surface area contributed by atoms with Crippen LogP contribution in [0.5, 0.6) is 0 Å². The predicted molar refractivity (Wildman–Crippen MR) is 89.7 cm³/mol. The zero-order valence-electron chi connectivity index (χ0n) is 13.5. The molecule has 0 amide bonds. The molecule has 6 heteroatoms. The van der Waals surface area contributed by atoms with Crippen molar-refractivity contribution in [1.29, 1.82) is 0 Å². The quantitative estimate of drug-likeness (QED) is 0.821. The number of nitrogens with zero attached hydrogens (tertiary/aromatic N) is 4. The van der Waals surface area contributed by atoms with Gasteiger partial charge in [0, 0.05) is 11.3 Å². The first kappa shape index (κ1) is 17.1. The van der Waals surface area contributed by atoms with Crippen LogP contribution < -0.4 is 0 Å². The molecule has 0 spiro atoms. The third-order valence-electron chi connectivity index (χ3n) is 3.57. The van der Waals surface area contributed by atoms with E-state index in [1.165, 1.54) is 6.33 Å². The van der Waals surface area contributed by atoms with Crippen LogP contribution in [0.4, 0.5) is 0 Å². The minimum absolute atomic E-state index is 0.127. The van der Waals surface area contributed by atoms with E-state index in [-0.39, 0.29) is 11.3 Å². The van der Waals surface area contributed by atoms with Crippen LogP contribution in [0.3, 0.4) is 0 Å². The fourth-order valence-electron chi connectivity index (χ4n) is 2.31. The Morgan fingerprint density at radius 1 is 0.955 bits per heavy atom. The van der Waals surface area contributed by atoms with E-state index in [4.69, 9.17) is 23.2 Å². The summed E-state index contributed by atoms with van der Waals surface area (Å²) in [4.78, 5) is 17.2. The molecule has 0 aromatic carbocycles. The maximum Gasteiger partial charge on any atom is 0.116 e. The van der Waals surface area contributed by atoms with Crippen LogP contribution in [0.25, 0.3) is 0 Å². The summed E-state index contributed by atoms with van der Waals surface area (Å²) in [5.41, 5.74) is 2.99. The van der Waals surface area contributed by atoms with Gasteiger partial charge < -0.3 is 0 Å². The van der Waals surface area contributed by atoms with E-state index in [2.05, 4.69) is 40.7 Å². The zero-order chi connectivity index (χ0) is 16.5. The van der Waals surface area contributed by atoms with Crippen molar-refractivity contribution in [2.45, 2.75) is 52.4 Å². The molecule has 0 aliphatic carbocycles. The lowest BCUT2D eigenvalue weighted by Gasteiger charge is -2.22. The van der Waals surface area contributed by atoms with Crippen LogP contribution >= 0.6 is 23.2 Å². The van der Waals surface area contributed by atoms with Crippen LogP contribution in [0.15, 0.2) is 12.7 Å². The van der Waals surface area contributed by atoms with Gasteiger partial charge in [0.05, 0.1) is 32.8 Å².